The lowest BCUT2D eigenvalue weighted by molar-refractivity contribution is -0.140. The van der Waals surface area contributed by atoms with Gasteiger partial charge in [-0.15, -0.1) is 0 Å². The summed E-state index contributed by atoms with van der Waals surface area (Å²) in [5.41, 5.74) is 1.44. The van der Waals surface area contributed by atoms with Crippen molar-refractivity contribution in [3.05, 3.63) is 29.8 Å². The van der Waals surface area contributed by atoms with Crippen LogP contribution in [-0.4, -0.2) is 38.8 Å². The second kappa shape index (κ2) is 5.87. The van der Waals surface area contributed by atoms with Gasteiger partial charge in [-0.2, -0.15) is 0 Å². The summed E-state index contributed by atoms with van der Waals surface area (Å²) >= 11 is 0. The van der Waals surface area contributed by atoms with Crippen LogP contribution in [0, 0.1) is 12.3 Å². The fourth-order valence-electron chi connectivity index (χ4n) is 3.27. The number of rotatable bonds is 1. The highest BCUT2D eigenvalue weighted by Crippen LogP contribution is 2.31. The smallest absolute Gasteiger partial charge is 0.227 e. The van der Waals surface area contributed by atoms with Crippen LogP contribution >= 0.6 is 0 Å². The number of fused-ring (bicyclic) bond motifs is 1. The summed E-state index contributed by atoms with van der Waals surface area (Å²) in [6.07, 6.45) is 3.82. The number of carbonyl (C=O) groups excluding carboxylic acids is 1. The molecule has 3 rings (SSSR count). The van der Waals surface area contributed by atoms with E-state index < -0.39 is 0 Å². The zero-order valence-electron chi connectivity index (χ0n) is 14.3. The third-order valence-corrected chi connectivity index (χ3v) is 4.35. The van der Waals surface area contributed by atoms with Gasteiger partial charge in [0.25, 0.3) is 0 Å². The van der Waals surface area contributed by atoms with Crippen molar-refractivity contribution in [2.24, 2.45) is 5.41 Å². The molecule has 5 nitrogen and oxygen atoms in total. The van der Waals surface area contributed by atoms with Crippen molar-refractivity contribution in [2.75, 3.05) is 13.1 Å². The minimum atomic E-state index is -0.340. The predicted molar refractivity (Wildman–Crippen MR) is 90.1 cm³/mol. The highest BCUT2D eigenvalue weighted by atomic mass is 16.2. The van der Waals surface area contributed by atoms with Gasteiger partial charge in [-0.05, 0) is 31.9 Å². The Hall–Kier alpha value is -2.04. The number of amides is 1. The maximum absolute atomic E-state index is 12.6. The van der Waals surface area contributed by atoms with Crippen molar-refractivity contribution in [3.63, 3.8) is 0 Å². The molecule has 2 aromatic heterocycles. The molecule has 0 N–H and O–H groups in total. The lowest BCUT2D eigenvalue weighted by Crippen LogP contribution is -2.44. The molecule has 2 aromatic rings. The molecule has 0 radical (unpaired) electrons. The van der Waals surface area contributed by atoms with Gasteiger partial charge in [-0.3, -0.25) is 4.79 Å². The first-order chi connectivity index (χ1) is 10.9. The normalized spacial score (nSPS) is 19.1. The van der Waals surface area contributed by atoms with Gasteiger partial charge in [0.2, 0.25) is 5.91 Å². The van der Waals surface area contributed by atoms with Gasteiger partial charge < -0.3 is 4.90 Å². The van der Waals surface area contributed by atoms with Gasteiger partial charge in [-0.25, -0.2) is 15.0 Å². The molecule has 1 aliphatic rings. The fourth-order valence-corrected chi connectivity index (χ4v) is 3.27. The third kappa shape index (κ3) is 3.19. The van der Waals surface area contributed by atoms with Gasteiger partial charge in [0.1, 0.15) is 5.82 Å². The molecular weight excluding hydrogens is 288 g/mol. The lowest BCUT2D eigenvalue weighted by Gasteiger charge is -2.36. The van der Waals surface area contributed by atoms with E-state index in [1.54, 1.807) is 6.20 Å². The summed E-state index contributed by atoms with van der Waals surface area (Å²) in [6, 6.07) is 3.95. The van der Waals surface area contributed by atoms with Gasteiger partial charge >= 0.3 is 0 Å². The molecule has 1 fully saturated rings. The number of piperidine rings is 1. The Morgan fingerprint density at radius 2 is 2.09 bits per heavy atom. The zero-order valence-corrected chi connectivity index (χ0v) is 14.3. The van der Waals surface area contributed by atoms with E-state index in [0.29, 0.717) is 0 Å². The molecule has 122 valence electrons. The molecule has 5 heteroatoms. The minimum Gasteiger partial charge on any atom is -0.342 e. The Kier molecular flexibility index (Phi) is 4.04. The quantitative estimate of drug-likeness (QED) is 0.812. The Morgan fingerprint density at radius 3 is 2.83 bits per heavy atom. The maximum atomic E-state index is 12.6. The third-order valence-electron chi connectivity index (χ3n) is 4.35. The zero-order chi connectivity index (χ0) is 16.6. The van der Waals surface area contributed by atoms with Crippen molar-refractivity contribution < 1.29 is 4.79 Å². The van der Waals surface area contributed by atoms with Gasteiger partial charge in [0.05, 0.1) is 5.69 Å². The lowest BCUT2D eigenvalue weighted by atomic mass is 9.89. The number of nitrogens with zero attached hydrogens (tertiary/aromatic N) is 4. The molecule has 1 atom stereocenters. The topological polar surface area (TPSA) is 59.0 Å². The minimum absolute atomic E-state index is 0.218. The van der Waals surface area contributed by atoms with Crippen LogP contribution in [0.2, 0.25) is 0 Å². The van der Waals surface area contributed by atoms with Crippen LogP contribution in [0.25, 0.3) is 11.0 Å². The van der Waals surface area contributed by atoms with Crippen LogP contribution < -0.4 is 0 Å². The summed E-state index contributed by atoms with van der Waals surface area (Å²) in [5.74, 6) is 1.21. The first-order valence-corrected chi connectivity index (χ1v) is 8.25. The Balaban J connectivity index is 1.94. The molecule has 1 aliphatic heterocycles. The van der Waals surface area contributed by atoms with Crippen LogP contribution in [0.4, 0.5) is 0 Å². The number of aryl methyl sites for hydroxylation is 1. The Morgan fingerprint density at radius 1 is 1.30 bits per heavy atom. The summed E-state index contributed by atoms with van der Waals surface area (Å²) in [4.78, 5) is 28.1. The number of carbonyl (C=O) groups is 1. The summed E-state index contributed by atoms with van der Waals surface area (Å²) in [7, 11) is 0. The van der Waals surface area contributed by atoms with E-state index in [1.165, 1.54) is 0 Å². The summed E-state index contributed by atoms with van der Waals surface area (Å²) < 4.78 is 0. The number of pyridine rings is 1. The molecule has 0 saturated carbocycles. The average molecular weight is 312 g/mol. The standard InChI is InChI=1S/C18H24N4O/c1-12-20-15(14-8-5-9-19-16(14)21-12)13-7-6-10-22(11-13)17(23)18(2,3)4/h5,8-9,13H,6-7,10-11H2,1-4H3/t13-/m0/s1. The number of hydrogen-bond acceptors (Lipinski definition) is 4. The van der Waals surface area contributed by atoms with Crippen LogP contribution in [0.1, 0.15) is 51.0 Å². The van der Waals surface area contributed by atoms with Crippen molar-refractivity contribution in [1.29, 1.82) is 0 Å². The van der Waals surface area contributed by atoms with E-state index in [0.717, 1.165) is 48.5 Å². The first kappa shape index (κ1) is 15.8. The molecule has 0 bridgehead atoms. The predicted octanol–water partition coefficient (Wildman–Crippen LogP) is 3.09. The van der Waals surface area contributed by atoms with Gasteiger partial charge in [0.15, 0.2) is 5.65 Å². The fraction of sp³-hybridized carbons (Fsp3) is 0.556. The molecule has 1 saturated heterocycles. The van der Waals surface area contributed by atoms with E-state index in [9.17, 15) is 4.79 Å². The van der Waals surface area contributed by atoms with Crippen LogP contribution in [0.15, 0.2) is 18.3 Å². The SMILES string of the molecule is Cc1nc([C@H]2CCCN(C(=O)C(C)(C)C)C2)c2cccnc2n1. The number of aromatic nitrogens is 3. The maximum Gasteiger partial charge on any atom is 0.227 e. The molecule has 3 heterocycles. The van der Waals surface area contributed by atoms with Crippen LogP contribution in [0.5, 0.6) is 0 Å². The second-order valence-electron chi connectivity index (χ2n) is 7.37. The average Bonchev–Trinajstić information content (AvgIpc) is 2.52. The molecule has 23 heavy (non-hydrogen) atoms. The number of hydrogen-bond donors (Lipinski definition) is 0. The monoisotopic (exact) mass is 312 g/mol. The van der Waals surface area contributed by atoms with Crippen molar-refractivity contribution in [2.45, 2.75) is 46.5 Å². The number of likely N-dealkylation sites (tertiary alicyclic amines) is 1. The van der Waals surface area contributed by atoms with Crippen LogP contribution in [0.3, 0.4) is 0 Å². The van der Waals surface area contributed by atoms with Gasteiger partial charge in [-0.1, -0.05) is 20.8 Å². The van der Waals surface area contributed by atoms with Crippen LogP contribution in [-0.2, 0) is 4.79 Å². The Labute approximate surface area is 137 Å². The largest absolute Gasteiger partial charge is 0.342 e. The second-order valence-corrected chi connectivity index (χ2v) is 7.37. The Bertz CT molecular complexity index is 735. The van der Waals surface area contributed by atoms with Crippen molar-refractivity contribution in [1.82, 2.24) is 19.9 Å². The molecule has 0 unspecified atom stereocenters. The molecule has 0 spiro atoms. The van der Waals surface area contributed by atoms with Gasteiger partial charge in [0, 0.05) is 36.0 Å². The summed E-state index contributed by atoms with van der Waals surface area (Å²) in [5, 5.41) is 1.01. The van der Waals surface area contributed by atoms with E-state index >= 15 is 0 Å². The molecule has 1 amide bonds. The van der Waals surface area contributed by atoms with E-state index in [4.69, 9.17) is 4.98 Å². The molecule has 0 aromatic carbocycles. The molecule has 0 aliphatic carbocycles. The first-order valence-electron chi connectivity index (χ1n) is 8.25. The van der Waals surface area contributed by atoms with Crippen molar-refractivity contribution >= 4 is 16.9 Å². The highest BCUT2D eigenvalue weighted by Gasteiger charge is 2.32. The van der Waals surface area contributed by atoms with E-state index in [-0.39, 0.29) is 17.2 Å². The highest BCUT2D eigenvalue weighted by molar-refractivity contribution is 5.82. The molecular formula is C18H24N4O. The van der Waals surface area contributed by atoms with E-state index in [1.807, 2.05) is 44.7 Å². The summed E-state index contributed by atoms with van der Waals surface area (Å²) in [6.45, 7) is 9.41. The van der Waals surface area contributed by atoms with Crippen molar-refractivity contribution in [3.8, 4) is 0 Å². The van der Waals surface area contributed by atoms with E-state index in [2.05, 4.69) is 9.97 Å².